The van der Waals surface area contributed by atoms with Crippen LogP contribution in [-0.2, 0) is 0 Å². The van der Waals surface area contributed by atoms with Crippen molar-refractivity contribution in [1.82, 2.24) is 10.6 Å². The third kappa shape index (κ3) is 4.88. The fourth-order valence-corrected chi connectivity index (χ4v) is 2.51. The van der Waals surface area contributed by atoms with Crippen LogP contribution in [0.25, 0.3) is 10.8 Å². The number of hydrogen-bond acceptors (Lipinski definition) is 2. The molecule has 4 heteroatoms. The second kappa shape index (κ2) is 7.86. The molecule has 0 saturated heterocycles. The van der Waals surface area contributed by atoms with E-state index in [0.29, 0.717) is 6.61 Å². The second-order valence-corrected chi connectivity index (χ2v) is 6.03. The average molecular weight is 311 g/mol. The summed E-state index contributed by atoms with van der Waals surface area (Å²) < 4.78 is 5.84. The summed E-state index contributed by atoms with van der Waals surface area (Å²) >= 11 is 0. The van der Waals surface area contributed by atoms with Crippen LogP contribution in [0, 0.1) is 5.92 Å². The average Bonchev–Trinajstić information content (AvgIpc) is 3.41. The minimum Gasteiger partial charge on any atom is -0.494 e. The molecule has 4 nitrogen and oxygen atoms in total. The summed E-state index contributed by atoms with van der Waals surface area (Å²) in [6, 6.07) is 14.6. The second-order valence-electron chi connectivity index (χ2n) is 6.03. The molecule has 1 saturated carbocycles. The Kier molecular flexibility index (Phi) is 5.35. The van der Waals surface area contributed by atoms with Crippen molar-refractivity contribution in [2.24, 2.45) is 10.9 Å². The maximum atomic E-state index is 5.84. The van der Waals surface area contributed by atoms with E-state index in [2.05, 4.69) is 52.0 Å². The number of hydrogen-bond donors (Lipinski definition) is 2. The van der Waals surface area contributed by atoms with Crippen molar-refractivity contribution in [1.29, 1.82) is 0 Å². The van der Waals surface area contributed by atoms with Crippen molar-refractivity contribution in [3.8, 4) is 5.75 Å². The van der Waals surface area contributed by atoms with Gasteiger partial charge in [-0.3, -0.25) is 4.99 Å². The van der Waals surface area contributed by atoms with Crippen LogP contribution in [0.2, 0.25) is 0 Å². The van der Waals surface area contributed by atoms with Gasteiger partial charge < -0.3 is 15.4 Å². The van der Waals surface area contributed by atoms with Crippen molar-refractivity contribution in [3.63, 3.8) is 0 Å². The molecule has 0 atom stereocenters. The van der Waals surface area contributed by atoms with E-state index in [1.165, 1.54) is 23.6 Å². The zero-order valence-corrected chi connectivity index (χ0v) is 13.7. The van der Waals surface area contributed by atoms with Crippen LogP contribution >= 0.6 is 0 Å². The molecule has 23 heavy (non-hydrogen) atoms. The number of ether oxygens (including phenoxy) is 1. The highest BCUT2D eigenvalue weighted by molar-refractivity contribution is 5.83. The standard InChI is InChI=1S/C19H25N3O/c1-20-19(22-14-15-7-8-15)21-11-4-12-23-18-10-9-16-5-2-3-6-17(16)13-18/h2-3,5-6,9-10,13,15H,4,7-8,11-12,14H2,1H3,(H2,20,21,22). The minimum atomic E-state index is 0.699. The number of aliphatic imine (C=N–C) groups is 1. The van der Waals surface area contributed by atoms with Crippen LogP contribution in [0.3, 0.4) is 0 Å². The third-order valence-corrected chi connectivity index (χ3v) is 4.08. The molecule has 122 valence electrons. The Bertz CT molecular complexity index is 664. The Morgan fingerprint density at radius 3 is 2.74 bits per heavy atom. The molecule has 0 unspecified atom stereocenters. The maximum absolute atomic E-state index is 5.84. The first-order valence-electron chi connectivity index (χ1n) is 8.41. The molecule has 0 amide bonds. The Morgan fingerprint density at radius 1 is 1.13 bits per heavy atom. The van der Waals surface area contributed by atoms with E-state index < -0.39 is 0 Å². The number of rotatable bonds is 7. The molecule has 0 aromatic heterocycles. The molecule has 0 radical (unpaired) electrons. The monoisotopic (exact) mass is 311 g/mol. The Balaban J connectivity index is 1.36. The fourth-order valence-electron chi connectivity index (χ4n) is 2.51. The summed E-state index contributed by atoms with van der Waals surface area (Å²) in [7, 11) is 1.81. The van der Waals surface area contributed by atoms with E-state index in [0.717, 1.165) is 37.1 Å². The van der Waals surface area contributed by atoms with E-state index in [4.69, 9.17) is 4.74 Å². The van der Waals surface area contributed by atoms with Crippen molar-refractivity contribution >= 4 is 16.7 Å². The van der Waals surface area contributed by atoms with Crippen LogP contribution in [0.5, 0.6) is 5.75 Å². The molecule has 2 N–H and O–H groups in total. The van der Waals surface area contributed by atoms with E-state index in [9.17, 15) is 0 Å². The lowest BCUT2D eigenvalue weighted by molar-refractivity contribution is 0.311. The van der Waals surface area contributed by atoms with E-state index >= 15 is 0 Å². The zero-order valence-electron chi connectivity index (χ0n) is 13.7. The normalized spacial score (nSPS) is 14.7. The van der Waals surface area contributed by atoms with Crippen LogP contribution in [0.1, 0.15) is 19.3 Å². The summed E-state index contributed by atoms with van der Waals surface area (Å²) in [6.07, 6.45) is 3.64. The first kappa shape index (κ1) is 15.7. The minimum absolute atomic E-state index is 0.699. The van der Waals surface area contributed by atoms with Gasteiger partial charge in [-0.25, -0.2) is 0 Å². The van der Waals surface area contributed by atoms with Crippen LogP contribution < -0.4 is 15.4 Å². The number of fused-ring (bicyclic) bond motifs is 1. The number of benzene rings is 2. The molecule has 0 spiro atoms. The van der Waals surface area contributed by atoms with E-state index in [1.54, 1.807) is 0 Å². The van der Waals surface area contributed by atoms with Crippen molar-refractivity contribution < 1.29 is 4.74 Å². The number of nitrogens with one attached hydrogen (secondary N) is 2. The Labute approximate surface area is 138 Å². The smallest absolute Gasteiger partial charge is 0.190 e. The number of guanidine groups is 1. The lowest BCUT2D eigenvalue weighted by Crippen LogP contribution is -2.39. The lowest BCUT2D eigenvalue weighted by atomic mass is 10.1. The van der Waals surface area contributed by atoms with Gasteiger partial charge in [-0.2, -0.15) is 0 Å². The predicted molar refractivity (Wildman–Crippen MR) is 96.1 cm³/mol. The van der Waals surface area contributed by atoms with E-state index in [-0.39, 0.29) is 0 Å². The first-order valence-corrected chi connectivity index (χ1v) is 8.41. The largest absolute Gasteiger partial charge is 0.494 e. The van der Waals surface area contributed by atoms with Gasteiger partial charge in [0.05, 0.1) is 6.61 Å². The van der Waals surface area contributed by atoms with Crippen LogP contribution in [0.15, 0.2) is 47.5 Å². The molecule has 2 aromatic carbocycles. The molecule has 1 fully saturated rings. The van der Waals surface area contributed by atoms with Crippen molar-refractivity contribution in [2.45, 2.75) is 19.3 Å². The highest BCUT2D eigenvalue weighted by Crippen LogP contribution is 2.27. The zero-order chi connectivity index (χ0) is 15.9. The predicted octanol–water partition coefficient (Wildman–Crippen LogP) is 3.18. The molecule has 0 aliphatic heterocycles. The fraction of sp³-hybridized carbons (Fsp3) is 0.421. The SMILES string of the molecule is CN=C(NCCCOc1ccc2ccccc2c1)NCC1CC1. The van der Waals surface area contributed by atoms with Crippen molar-refractivity contribution in [3.05, 3.63) is 42.5 Å². The highest BCUT2D eigenvalue weighted by Gasteiger charge is 2.20. The van der Waals surface area contributed by atoms with Gasteiger partial charge in [0.15, 0.2) is 5.96 Å². The highest BCUT2D eigenvalue weighted by atomic mass is 16.5. The maximum Gasteiger partial charge on any atom is 0.190 e. The molecule has 2 aromatic rings. The van der Waals surface area contributed by atoms with Gasteiger partial charge in [-0.1, -0.05) is 30.3 Å². The van der Waals surface area contributed by atoms with Crippen LogP contribution in [0.4, 0.5) is 0 Å². The number of nitrogens with zero attached hydrogens (tertiary/aromatic N) is 1. The summed E-state index contributed by atoms with van der Waals surface area (Å²) in [5, 5.41) is 9.14. The summed E-state index contributed by atoms with van der Waals surface area (Å²) in [4.78, 5) is 4.23. The summed E-state index contributed by atoms with van der Waals surface area (Å²) in [5.74, 6) is 2.67. The van der Waals surface area contributed by atoms with Gasteiger partial charge in [0.25, 0.3) is 0 Å². The lowest BCUT2D eigenvalue weighted by Gasteiger charge is -2.12. The van der Waals surface area contributed by atoms with Crippen LogP contribution in [-0.4, -0.2) is 32.7 Å². The molecular formula is C19H25N3O. The van der Waals surface area contributed by atoms with Gasteiger partial charge in [0.2, 0.25) is 0 Å². The molecule has 3 rings (SSSR count). The van der Waals surface area contributed by atoms with Gasteiger partial charge in [-0.15, -0.1) is 0 Å². The first-order chi connectivity index (χ1) is 11.3. The molecule has 0 heterocycles. The van der Waals surface area contributed by atoms with E-state index in [1.807, 2.05) is 13.1 Å². The van der Waals surface area contributed by atoms with Gasteiger partial charge in [0.1, 0.15) is 5.75 Å². The molecule has 1 aliphatic rings. The molecular weight excluding hydrogens is 286 g/mol. The van der Waals surface area contributed by atoms with Gasteiger partial charge in [-0.05, 0) is 48.1 Å². The topological polar surface area (TPSA) is 45.7 Å². The molecule has 1 aliphatic carbocycles. The molecule has 0 bridgehead atoms. The summed E-state index contributed by atoms with van der Waals surface area (Å²) in [5.41, 5.74) is 0. The third-order valence-electron chi connectivity index (χ3n) is 4.08. The summed E-state index contributed by atoms with van der Waals surface area (Å²) in [6.45, 7) is 2.59. The quantitative estimate of drug-likeness (QED) is 0.469. The van der Waals surface area contributed by atoms with Gasteiger partial charge in [0, 0.05) is 20.1 Å². The Hall–Kier alpha value is -2.23. The van der Waals surface area contributed by atoms with Crippen molar-refractivity contribution in [2.75, 3.05) is 26.7 Å². The Morgan fingerprint density at radius 2 is 1.96 bits per heavy atom. The van der Waals surface area contributed by atoms with Gasteiger partial charge >= 0.3 is 0 Å².